The lowest BCUT2D eigenvalue weighted by atomic mass is 10.1. The number of anilines is 1. The highest BCUT2D eigenvalue weighted by Crippen LogP contribution is 2.16. The second kappa shape index (κ2) is 5.59. The summed E-state index contributed by atoms with van der Waals surface area (Å²) in [5, 5.41) is 5.86. The van der Waals surface area contributed by atoms with E-state index in [9.17, 15) is 13.2 Å². The third kappa shape index (κ3) is 4.66. The molecule has 0 aromatic carbocycles. The van der Waals surface area contributed by atoms with Crippen molar-refractivity contribution in [2.24, 2.45) is 0 Å². The van der Waals surface area contributed by atoms with E-state index in [2.05, 4.69) is 20.6 Å². The van der Waals surface area contributed by atoms with Crippen molar-refractivity contribution in [1.29, 1.82) is 0 Å². The Morgan fingerprint density at radius 2 is 2.05 bits per heavy atom. The third-order valence-electron chi connectivity index (χ3n) is 2.97. The van der Waals surface area contributed by atoms with Crippen LogP contribution in [-0.2, 0) is 9.84 Å². The minimum absolute atomic E-state index is 0.0977. The smallest absolute Gasteiger partial charge is 0.270 e. The Kier molecular flexibility index (Phi) is 4.18. The first-order chi connectivity index (χ1) is 9.65. The first kappa shape index (κ1) is 15.7. The van der Waals surface area contributed by atoms with Gasteiger partial charge in [0, 0.05) is 17.6 Å². The van der Waals surface area contributed by atoms with Gasteiger partial charge in [0.2, 0.25) is 0 Å². The number of amides is 1. The molecule has 116 valence electrons. The Labute approximate surface area is 124 Å². The molecule has 1 amide bonds. The van der Waals surface area contributed by atoms with Gasteiger partial charge in [0.05, 0.1) is 11.5 Å². The highest BCUT2D eigenvalue weighted by Gasteiger charge is 2.28. The van der Waals surface area contributed by atoms with Crippen LogP contribution in [0.15, 0.2) is 12.4 Å². The van der Waals surface area contributed by atoms with E-state index in [1.807, 2.05) is 20.8 Å². The topological polar surface area (TPSA) is 101 Å². The van der Waals surface area contributed by atoms with Crippen molar-refractivity contribution in [3.8, 4) is 0 Å². The number of nitrogens with zero attached hydrogens (tertiary/aromatic N) is 2. The van der Waals surface area contributed by atoms with Gasteiger partial charge in [-0.1, -0.05) is 0 Å². The summed E-state index contributed by atoms with van der Waals surface area (Å²) in [6.07, 6.45) is 1.85. The summed E-state index contributed by atoms with van der Waals surface area (Å²) in [6.45, 7) is 5.65. The quantitative estimate of drug-likeness (QED) is 0.848. The summed E-state index contributed by atoms with van der Waals surface area (Å²) in [7, 11) is -2.95. The van der Waals surface area contributed by atoms with Crippen LogP contribution in [-0.4, -0.2) is 47.4 Å². The molecule has 8 heteroatoms. The molecule has 1 atom stereocenters. The van der Waals surface area contributed by atoms with Gasteiger partial charge in [-0.05, 0) is 27.2 Å². The van der Waals surface area contributed by atoms with E-state index in [0.29, 0.717) is 12.2 Å². The maximum absolute atomic E-state index is 12.0. The van der Waals surface area contributed by atoms with Crippen molar-refractivity contribution in [3.63, 3.8) is 0 Å². The molecule has 0 saturated carbocycles. The zero-order valence-corrected chi connectivity index (χ0v) is 13.2. The largest absolute Gasteiger partial charge is 0.366 e. The fourth-order valence-electron chi connectivity index (χ4n) is 2.08. The molecule has 0 radical (unpaired) electrons. The van der Waals surface area contributed by atoms with E-state index in [0.717, 1.165) is 0 Å². The van der Waals surface area contributed by atoms with Crippen molar-refractivity contribution in [3.05, 3.63) is 18.1 Å². The number of aromatic nitrogens is 2. The number of nitrogens with one attached hydrogen (secondary N) is 2. The molecule has 7 nitrogen and oxygen atoms in total. The molecule has 1 aliphatic rings. The van der Waals surface area contributed by atoms with Crippen LogP contribution in [0.25, 0.3) is 0 Å². The van der Waals surface area contributed by atoms with Crippen LogP contribution in [0.3, 0.4) is 0 Å². The number of carbonyl (C=O) groups is 1. The summed E-state index contributed by atoms with van der Waals surface area (Å²) >= 11 is 0. The van der Waals surface area contributed by atoms with Crippen LogP contribution in [0, 0.1) is 0 Å². The Hall–Kier alpha value is -1.70. The molecule has 1 aromatic rings. The summed E-state index contributed by atoms with van der Waals surface area (Å²) in [4.78, 5) is 20.0. The molecule has 1 unspecified atom stereocenters. The van der Waals surface area contributed by atoms with Crippen molar-refractivity contribution in [2.45, 2.75) is 38.8 Å². The van der Waals surface area contributed by atoms with Crippen molar-refractivity contribution in [1.82, 2.24) is 15.3 Å². The molecule has 1 saturated heterocycles. The highest BCUT2D eigenvalue weighted by molar-refractivity contribution is 7.91. The summed E-state index contributed by atoms with van der Waals surface area (Å²) in [5.41, 5.74) is -0.0990. The molecule has 1 aromatic heterocycles. The first-order valence-electron chi connectivity index (χ1n) is 6.76. The van der Waals surface area contributed by atoms with E-state index in [-0.39, 0.29) is 34.7 Å². The van der Waals surface area contributed by atoms with Gasteiger partial charge in [-0.3, -0.25) is 4.79 Å². The molecular formula is C13H20N4O3S. The van der Waals surface area contributed by atoms with Crippen LogP contribution < -0.4 is 10.6 Å². The van der Waals surface area contributed by atoms with Crippen LogP contribution in [0.1, 0.15) is 37.7 Å². The molecule has 2 rings (SSSR count). The van der Waals surface area contributed by atoms with Crippen LogP contribution >= 0.6 is 0 Å². The van der Waals surface area contributed by atoms with Crippen LogP contribution in [0.2, 0.25) is 0 Å². The molecule has 2 heterocycles. The Bertz CT molecular complexity index is 637. The molecule has 1 aliphatic heterocycles. The Morgan fingerprint density at radius 3 is 2.62 bits per heavy atom. The minimum Gasteiger partial charge on any atom is -0.366 e. The molecule has 0 bridgehead atoms. The second-order valence-electron chi connectivity index (χ2n) is 6.24. The molecular weight excluding hydrogens is 292 g/mol. The number of rotatable bonds is 3. The predicted molar refractivity (Wildman–Crippen MR) is 79.9 cm³/mol. The Balaban J connectivity index is 2.06. The maximum Gasteiger partial charge on any atom is 0.270 e. The number of hydrogen-bond donors (Lipinski definition) is 2. The fourth-order valence-corrected chi connectivity index (χ4v) is 3.76. The Morgan fingerprint density at radius 1 is 1.33 bits per heavy atom. The normalized spacial score (nSPS) is 21.0. The van der Waals surface area contributed by atoms with E-state index >= 15 is 0 Å². The number of carbonyl (C=O) groups excluding carboxylic acids is 1. The lowest BCUT2D eigenvalue weighted by molar-refractivity contribution is 0.0914. The average molecular weight is 312 g/mol. The SMILES string of the molecule is CC(C)(C)NC(=O)c1cc(NC2CCS(=O)(=O)C2)ncn1. The van der Waals surface area contributed by atoms with E-state index < -0.39 is 9.84 Å². The molecule has 1 fully saturated rings. The van der Waals surface area contributed by atoms with E-state index in [1.165, 1.54) is 12.4 Å². The maximum atomic E-state index is 12.0. The van der Waals surface area contributed by atoms with Gasteiger partial charge >= 0.3 is 0 Å². The highest BCUT2D eigenvalue weighted by atomic mass is 32.2. The molecule has 2 N–H and O–H groups in total. The van der Waals surface area contributed by atoms with E-state index in [4.69, 9.17) is 0 Å². The van der Waals surface area contributed by atoms with Gasteiger partial charge in [0.1, 0.15) is 17.8 Å². The van der Waals surface area contributed by atoms with Crippen molar-refractivity contribution >= 4 is 21.6 Å². The monoisotopic (exact) mass is 312 g/mol. The lowest BCUT2D eigenvalue weighted by Crippen LogP contribution is -2.41. The van der Waals surface area contributed by atoms with Gasteiger partial charge in [0.25, 0.3) is 5.91 Å². The summed E-state index contributed by atoms with van der Waals surface area (Å²) in [5.74, 6) is 0.464. The van der Waals surface area contributed by atoms with Gasteiger partial charge < -0.3 is 10.6 Å². The van der Waals surface area contributed by atoms with Gasteiger partial charge in [-0.2, -0.15) is 0 Å². The number of hydrogen-bond acceptors (Lipinski definition) is 6. The summed E-state index contributed by atoms with van der Waals surface area (Å²) in [6, 6.07) is 1.37. The number of sulfone groups is 1. The van der Waals surface area contributed by atoms with Gasteiger partial charge in [-0.25, -0.2) is 18.4 Å². The van der Waals surface area contributed by atoms with Gasteiger partial charge in [-0.15, -0.1) is 0 Å². The lowest BCUT2D eigenvalue weighted by Gasteiger charge is -2.20. The first-order valence-corrected chi connectivity index (χ1v) is 8.58. The van der Waals surface area contributed by atoms with Crippen molar-refractivity contribution in [2.75, 3.05) is 16.8 Å². The third-order valence-corrected chi connectivity index (χ3v) is 4.74. The standard InChI is InChI=1S/C13H20N4O3S/c1-13(2,3)17-12(18)10-6-11(15-8-14-10)16-9-4-5-21(19,20)7-9/h6,8-9H,4-5,7H2,1-3H3,(H,17,18)(H,14,15,16). The van der Waals surface area contributed by atoms with E-state index in [1.54, 1.807) is 0 Å². The molecule has 0 spiro atoms. The summed E-state index contributed by atoms with van der Waals surface area (Å²) < 4.78 is 22.9. The van der Waals surface area contributed by atoms with Crippen LogP contribution in [0.5, 0.6) is 0 Å². The minimum atomic E-state index is -2.95. The van der Waals surface area contributed by atoms with Crippen LogP contribution in [0.4, 0.5) is 5.82 Å². The van der Waals surface area contributed by atoms with Crippen molar-refractivity contribution < 1.29 is 13.2 Å². The predicted octanol–water partition coefficient (Wildman–Crippen LogP) is 0.604. The fraction of sp³-hybridized carbons (Fsp3) is 0.615. The molecule has 0 aliphatic carbocycles. The molecule has 21 heavy (non-hydrogen) atoms. The van der Waals surface area contributed by atoms with Gasteiger partial charge in [0.15, 0.2) is 9.84 Å². The average Bonchev–Trinajstić information content (AvgIpc) is 2.67. The second-order valence-corrected chi connectivity index (χ2v) is 8.47. The zero-order valence-electron chi connectivity index (χ0n) is 12.4. The zero-order chi connectivity index (χ0) is 15.7.